The van der Waals surface area contributed by atoms with Gasteiger partial charge >= 0.3 is 0 Å². The molecule has 1 atom stereocenters. The van der Waals surface area contributed by atoms with E-state index < -0.39 is 6.04 Å². The highest BCUT2D eigenvalue weighted by Crippen LogP contribution is 2.42. The summed E-state index contributed by atoms with van der Waals surface area (Å²) in [6, 6.07) is 23.3. The minimum Gasteiger partial charge on any atom is -0.455 e. The van der Waals surface area contributed by atoms with Crippen molar-refractivity contribution in [3.63, 3.8) is 0 Å². The van der Waals surface area contributed by atoms with Crippen LogP contribution in [0.15, 0.2) is 72.8 Å². The largest absolute Gasteiger partial charge is 0.455 e. The number of ketones is 1. The number of hydrogen-bond donors (Lipinski definition) is 1. The van der Waals surface area contributed by atoms with E-state index in [0.29, 0.717) is 10.8 Å². The molecule has 0 aromatic heterocycles. The molecule has 5 rings (SSSR count). The molecule has 2 aliphatic rings. The average molecular weight is 433 g/mol. The Morgan fingerprint density at radius 3 is 2.52 bits per heavy atom. The highest BCUT2D eigenvalue weighted by atomic mass is 35.5. The molecule has 2 heterocycles. The summed E-state index contributed by atoms with van der Waals surface area (Å²) in [5, 5.41) is 4.04. The molecular formula is C26H25ClN2O2. The van der Waals surface area contributed by atoms with Crippen molar-refractivity contribution in [2.24, 2.45) is 5.92 Å². The summed E-state index contributed by atoms with van der Waals surface area (Å²) in [4.78, 5) is 16.1. The van der Waals surface area contributed by atoms with Crippen LogP contribution in [0.5, 0.6) is 11.5 Å². The number of fused-ring (bicyclic) bond motifs is 2. The Labute approximate surface area is 187 Å². The van der Waals surface area contributed by atoms with E-state index in [2.05, 4.69) is 34.5 Å². The Balaban J connectivity index is 1.34. The first-order valence-corrected chi connectivity index (χ1v) is 11.2. The molecule has 0 bridgehead atoms. The number of piperidine rings is 1. The molecule has 0 spiro atoms. The Bertz CT molecular complexity index is 1080. The van der Waals surface area contributed by atoms with Gasteiger partial charge in [0.15, 0.2) is 11.5 Å². The zero-order valence-electron chi connectivity index (χ0n) is 17.3. The number of carbonyl (C=O) groups is 1. The lowest BCUT2D eigenvalue weighted by atomic mass is 9.86. The van der Waals surface area contributed by atoms with Crippen LogP contribution in [-0.2, 0) is 11.3 Å². The molecule has 0 radical (unpaired) electrons. The highest BCUT2D eigenvalue weighted by molar-refractivity contribution is 6.31. The third-order valence-electron chi connectivity index (χ3n) is 6.21. The molecule has 2 aliphatic heterocycles. The number of anilines is 1. The number of likely N-dealkylation sites (tertiary alicyclic amines) is 1. The first-order chi connectivity index (χ1) is 15.2. The van der Waals surface area contributed by atoms with Gasteiger partial charge in [-0.2, -0.15) is 0 Å². The van der Waals surface area contributed by atoms with Crippen LogP contribution in [-0.4, -0.2) is 23.8 Å². The first-order valence-electron chi connectivity index (χ1n) is 10.8. The van der Waals surface area contributed by atoms with Crippen LogP contribution in [0.25, 0.3) is 0 Å². The van der Waals surface area contributed by atoms with Crippen LogP contribution in [0, 0.1) is 5.92 Å². The number of halogens is 1. The molecule has 3 aromatic carbocycles. The molecule has 1 saturated heterocycles. The maximum absolute atomic E-state index is 13.7. The monoisotopic (exact) mass is 432 g/mol. The Morgan fingerprint density at radius 2 is 1.71 bits per heavy atom. The average Bonchev–Trinajstić information content (AvgIpc) is 2.96. The van der Waals surface area contributed by atoms with Crippen LogP contribution in [0.4, 0.5) is 5.69 Å². The lowest BCUT2D eigenvalue weighted by Gasteiger charge is -2.33. The van der Waals surface area contributed by atoms with Gasteiger partial charge in [0.2, 0.25) is 0 Å². The molecule has 1 fully saturated rings. The van der Waals surface area contributed by atoms with E-state index in [1.54, 1.807) is 6.07 Å². The number of Topliss-reactive ketones (excluding diaryl/α,β-unsaturated/α-hetero) is 1. The summed E-state index contributed by atoms with van der Waals surface area (Å²) in [5.41, 5.74) is 2.95. The van der Waals surface area contributed by atoms with Crippen molar-refractivity contribution in [2.75, 3.05) is 18.4 Å². The van der Waals surface area contributed by atoms with Crippen molar-refractivity contribution >= 4 is 23.1 Å². The van der Waals surface area contributed by atoms with Gasteiger partial charge in [0.05, 0.1) is 5.69 Å². The topological polar surface area (TPSA) is 41.6 Å². The lowest BCUT2D eigenvalue weighted by Crippen LogP contribution is -2.38. The van der Waals surface area contributed by atoms with E-state index in [-0.39, 0.29) is 11.7 Å². The number of nitrogens with zero attached hydrogens (tertiary/aromatic N) is 1. The van der Waals surface area contributed by atoms with Gasteiger partial charge in [-0.1, -0.05) is 60.1 Å². The summed E-state index contributed by atoms with van der Waals surface area (Å²) >= 11 is 6.21. The van der Waals surface area contributed by atoms with Crippen LogP contribution in [0.1, 0.15) is 30.0 Å². The van der Waals surface area contributed by atoms with E-state index in [1.165, 1.54) is 5.56 Å². The van der Waals surface area contributed by atoms with Crippen molar-refractivity contribution in [1.82, 2.24) is 4.90 Å². The van der Waals surface area contributed by atoms with Crippen LogP contribution in [0.2, 0.25) is 5.02 Å². The third-order valence-corrected chi connectivity index (χ3v) is 6.45. The number of rotatable bonds is 4. The van der Waals surface area contributed by atoms with E-state index in [0.717, 1.165) is 49.5 Å². The van der Waals surface area contributed by atoms with Crippen LogP contribution < -0.4 is 10.1 Å². The predicted octanol–water partition coefficient (Wildman–Crippen LogP) is 6.08. The molecule has 31 heavy (non-hydrogen) atoms. The standard InChI is InChI=1S/C26H25ClN2O2/c27-20-10-11-24-22(16-20)28-25(21-8-4-5-9-23(21)31-24)26(30)19-12-14-29(15-13-19)17-18-6-2-1-3-7-18/h1-11,16,19,25,28H,12-15,17H2. The van der Waals surface area contributed by atoms with Gasteiger partial charge in [-0.25, -0.2) is 0 Å². The second kappa shape index (κ2) is 8.74. The fraction of sp³-hybridized carbons (Fsp3) is 0.269. The maximum Gasteiger partial charge on any atom is 0.162 e. The highest BCUT2D eigenvalue weighted by Gasteiger charge is 2.34. The van der Waals surface area contributed by atoms with Crippen molar-refractivity contribution in [2.45, 2.75) is 25.4 Å². The smallest absolute Gasteiger partial charge is 0.162 e. The van der Waals surface area contributed by atoms with Gasteiger partial charge in [-0.3, -0.25) is 9.69 Å². The molecule has 4 nitrogen and oxygen atoms in total. The second-order valence-corrected chi connectivity index (χ2v) is 8.73. The minimum absolute atomic E-state index is 0.0262. The third kappa shape index (κ3) is 4.32. The first kappa shape index (κ1) is 20.1. The molecule has 0 saturated carbocycles. The number of carbonyl (C=O) groups excluding carboxylic acids is 1. The number of para-hydroxylation sites is 1. The molecular weight excluding hydrogens is 408 g/mol. The molecule has 158 valence electrons. The zero-order valence-corrected chi connectivity index (χ0v) is 18.0. The van der Waals surface area contributed by atoms with Crippen molar-refractivity contribution in [1.29, 1.82) is 0 Å². The van der Waals surface area contributed by atoms with Gasteiger partial charge in [0, 0.05) is 23.0 Å². The number of nitrogens with one attached hydrogen (secondary N) is 1. The fourth-order valence-electron chi connectivity index (χ4n) is 4.54. The van der Waals surface area contributed by atoms with Crippen LogP contribution in [0.3, 0.4) is 0 Å². The summed E-state index contributed by atoms with van der Waals surface area (Å²) in [6.45, 7) is 2.79. The van der Waals surface area contributed by atoms with Gasteiger partial charge in [-0.15, -0.1) is 0 Å². The van der Waals surface area contributed by atoms with E-state index in [4.69, 9.17) is 16.3 Å². The van der Waals surface area contributed by atoms with Crippen molar-refractivity contribution in [3.05, 3.63) is 88.9 Å². The van der Waals surface area contributed by atoms with Crippen molar-refractivity contribution < 1.29 is 9.53 Å². The Morgan fingerprint density at radius 1 is 0.968 bits per heavy atom. The van der Waals surface area contributed by atoms with Crippen LogP contribution >= 0.6 is 11.6 Å². The molecule has 1 N–H and O–H groups in total. The second-order valence-electron chi connectivity index (χ2n) is 8.30. The number of hydrogen-bond acceptors (Lipinski definition) is 4. The molecule has 1 unspecified atom stereocenters. The Hall–Kier alpha value is -2.82. The SMILES string of the molecule is O=C(C1CCN(Cc2ccccc2)CC1)C1Nc2cc(Cl)ccc2Oc2ccccc21. The zero-order chi connectivity index (χ0) is 21.2. The maximum atomic E-state index is 13.7. The van der Waals surface area contributed by atoms with E-state index in [9.17, 15) is 4.79 Å². The normalized spacial score (nSPS) is 18.8. The fourth-order valence-corrected chi connectivity index (χ4v) is 4.72. The molecule has 0 amide bonds. The summed E-state index contributed by atoms with van der Waals surface area (Å²) in [6.07, 6.45) is 1.74. The minimum atomic E-state index is -0.443. The summed E-state index contributed by atoms with van der Waals surface area (Å²) in [7, 11) is 0. The van der Waals surface area contributed by atoms with Gasteiger partial charge < -0.3 is 10.1 Å². The lowest BCUT2D eigenvalue weighted by molar-refractivity contribution is -0.125. The Kier molecular flexibility index (Phi) is 5.66. The van der Waals surface area contributed by atoms with Crippen molar-refractivity contribution in [3.8, 4) is 11.5 Å². The van der Waals surface area contributed by atoms with Gasteiger partial charge in [0.1, 0.15) is 11.8 Å². The number of ether oxygens (including phenoxy) is 1. The number of benzene rings is 3. The van der Waals surface area contributed by atoms with E-state index >= 15 is 0 Å². The van der Waals surface area contributed by atoms with E-state index in [1.807, 2.05) is 42.5 Å². The summed E-state index contributed by atoms with van der Waals surface area (Å²) < 4.78 is 6.13. The molecule has 5 heteroatoms. The predicted molar refractivity (Wildman–Crippen MR) is 124 cm³/mol. The molecule has 0 aliphatic carbocycles. The molecule has 3 aromatic rings. The van der Waals surface area contributed by atoms with Gasteiger partial charge in [0.25, 0.3) is 0 Å². The quantitative estimate of drug-likeness (QED) is 0.542. The summed E-state index contributed by atoms with van der Waals surface area (Å²) in [5.74, 6) is 1.65. The van der Waals surface area contributed by atoms with Gasteiger partial charge in [-0.05, 0) is 55.8 Å².